The molecule has 2 fully saturated rings. The molecule has 6 heteroatoms. The summed E-state index contributed by atoms with van der Waals surface area (Å²) in [5, 5.41) is 5.18. The topological polar surface area (TPSA) is 70.7 Å². The van der Waals surface area contributed by atoms with Crippen LogP contribution in [0.5, 0.6) is 11.5 Å². The lowest BCUT2D eigenvalue weighted by Gasteiger charge is -2.38. The van der Waals surface area contributed by atoms with Crippen molar-refractivity contribution in [3.63, 3.8) is 0 Å². The number of hydrogen-bond donors (Lipinski definition) is 2. The smallest absolute Gasteiger partial charge is 0.322 e. The molecule has 1 unspecified atom stereocenters. The van der Waals surface area contributed by atoms with Crippen LogP contribution in [0.2, 0.25) is 0 Å². The summed E-state index contributed by atoms with van der Waals surface area (Å²) in [6.45, 7) is 4.46. The molecular formula is C22H25N3O3. The summed E-state index contributed by atoms with van der Waals surface area (Å²) in [6, 6.07) is 17.5. The van der Waals surface area contributed by atoms with Crippen molar-refractivity contribution < 1.29 is 14.3 Å². The van der Waals surface area contributed by atoms with Gasteiger partial charge in [0.15, 0.2) is 0 Å². The Labute approximate surface area is 164 Å². The summed E-state index contributed by atoms with van der Waals surface area (Å²) in [4.78, 5) is 26.0. The minimum absolute atomic E-state index is 0.156. The van der Waals surface area contributed by atoms with Gasteiger partial charge in [-0.25, -0.2) is 4.79 Å². The Hall–Kier alpha value is -2.86. The molecule has 0 saturated carbocycles. The molecule has 4 rings (SSSR count). The number of nitrogens with one attached hydrogen (secondary N) is 2. The molecule has 2 heterocycles. The van der Waals surface area contributed by atoms with Gasteiger partial charge in [0.1, 0.15) is 17.0 Å². The van der Waals surface area contributed by atoms with Gasteiger partial charge in [0.25, 0.3) is 5.91 Å². The van der Waals surface area contributed by atoms with E-state index in [0.29, 0.717) is 0 Å². The van der Waals surface area contributed by atoms with E-state index in [4.69, 9.17) is 4.74 Å². The summed E-state index contributed by atoms with van der Waals surface area (Å²) in [5.74, 6) is 1.60. The van der Waals surface area contributed by atoms with Gasteiger partial charge in [-0.15, -0.1) is 0 Å². The van der Waals surface area contributed by atoms with Gasteiger partial charge < -0.3 is 10.1 Å². The first kappa shape index (κ1) is 18.5. The largest absolute Gasteiger partial charge is 0.457 e. The first-order valence-electron chi connectivity index (χ1n) is 9.71. The van der Waals surface area contributed by atoms with E-state index in [1.807, 2.05) is 49.4 Å². The predicted octanol–water partition coefficient (Wildman–Crippen LogP) is 3.29. The van der Waals surface area contributed by atoms with Crippen molar-refractivity contribution in [2.24, 2.45) is 5.92 Å². The van der Waals surface area contributed by atoms with Crippen LogP contribution in [0.3, 0.4) is 0 Å². The lowest BCUT2D eigenvalue weighted by molar-refractivity contribution is -0.125. The minimum atomic E-state index is -0.785. The number of rotatable bonds is 5. The van der Waals surface area contributed by atoms with E-state index in [2.05, 4.69) is 27.7 Å². The van der Waals surface area contributed by atoms with Crippen molar-refractivity contribution in [3.05, 3.63) is 60.2 Å². The first-order valence-corrected chi connectivity index (χ1v) is 9.71. The number of hydrogen-bond acceptors (Lipinski definition) is 4. The van der Waals surface area contributed by atoms with Gasteiger partial charge >= 0.3 is 6.03 Å². The average molecular weight is 379 g/mol. The van der Waals surface area contributed by atoms with E-state index in [-0.39, 0.29) is 17.9 Å². The molecule has 2 aromatic carbocycles. The van der Waals surface area contributed by atoms with Gasteiger partial charge in [0.2, 0.25) is 0 Å². The summed E-state index contributed by atoms with van der Waals surface area (Å²) in [7, 11) is 0. The Balaban J connectivity index is 1.34. The zero-order valence-electron chi connectivity index (χ0n) is 16.0. The van der Waals surface area contributed by atoms with Crippen LogP contribution < -0.4 is 15.4 Å². The maximum atomic E-state index is 12.1. The molecule has 28 heavy (non-hydrogen) atoms. The maximum Gasteiger partial charge on any atom is 0.322 e. The standard InChI is InChI=1S/C22H25N3O3/c1-22(20(26)23-21(27)24-22)17-10-12-25(13-11-17)15-16-6-5-9-19(14-16)28-18-7-3-2-4-8-18/h2-9,14,17H,10-13,15H2,1H3,(H2,23,24,26,27). The van der Waals surface area contributed by atoms with Gasteiger partial charge in [0, 0.05) is 6.54 Å². The SMILES string of the molecule is CC1(C2CCN(Cc3cccc(Oc4ccccc4)c3)CC2)NC(=O)NC1=O. The van der Waals surface area contributed by atoms with Gasteiger partial charge in [-0.05, 0) is 68.6 Å². The molecule has 1 atom stereocenters. The van der Waals surface area contributed by atoms with Gasteiger partial charge in [-0.2, -0.15) is 0 Å². The highest BCUT2D eigenvalue weighted by molar-refractivity contribution is 6.06. The lowest BCUT2D eigenvalue weighted by atomic mass is 9.79. The Morgan fingerprint density at radius 1 is 1.04 bits per heavy atom. The molecule has 6 nitrogen and oxygen atoms in total. The van der Waals surface area contributed by atoms with Crippen molar-refractivity contribution in [2.45, 2.75) is 31.8 Å². The molecule has 0 aromatic heterocycles. The molecule has 2 aliphatic heterocycles. The van der Waals surface area contributed by atoms with Gasteiger partial charge in [-0.1, -0.05) is 30.3 Å². The summed E-state index contributed by atoms with van der Waals surface area (Å²) >= 11 is 0. The summed E-state index contributed by atoms with van der Waals surface area (Å²) in [6.07, 6.45) is 1.76. The Bertz CT molecular complexity index is 862. The second-order valence-corrected chi connectivity index (χ2v) is 7.72. The number of imide groups is 1. The first-order chi connectivity index (χ1) is 13.5. The number of benzene rings is 2. The number of amides is 3. The van der Waals surface area contributed by atoms with E-state index in [1.165, 1.54) is 5.56 Å². The molecule has 0 aliphatic carbocycles. The molecular weight excluding hydrogens is 354 g/mol. The van der Waals surface area contributed by atoms with E-state index in [0.717, 1.165) is 44.0 Å². The average Bonchev–Trinajstić information content (AvgIpc) is 2.96. The zero-order valence-corrected chi connectivity index (χ0v) is 16.0. The fraction of sp³-hybridized carbons (Fsp3) is 0.364. The van der Waals surface area contributed by atoms with Crippen LogP contribution in [0.1, 0.15) is 25.3 Å². The fourth-order valence-electron chi connectivity index (χ4n) is 4.10. The zero-order chi connectivity index (χ0) is 19.6. The monoisotopic (exact) mass is 379 g/mol. The van der Waals surface area contributed by atoms with Crippen LogP contribution in [-0.2, 0) is 11.3 Å². The molecule has 2 N–H and O–H groups in total. The van der Waals surface area contributed by atoms with Crippen LogP contribution in [0.25, 0.3) is 0 Å². The third-order valence-electron chi connectivity index (χ3n) is 5.76. The quantitative estimate of drug-likeness (QED) is 0.782. The number of urea groups is 1. The van der Waals surface area contributed by atoms with Gasteiger partial charge in [0.05, 0.1) is 0 Å². The Morgan fingerprint density at radius 3 is 2.43 bits per heavy atom. The normalized spacial score (nSPS) is 23.3. The van der Waals surface area contributed by atoms with Crippen molar-refractivity contribution in [1.29, 1.82) is 0 Å². The number of ether oxygens (including phenoxy) is 1. The fourth-order valence-corrected chi connectivity index (χ4v) is 4.10. The Morgan fingerprint density at radius 2 is 1.75 bits per heavy atom. The molecule has 0 bridgehead atoms. The molecule has 2 saturated heterocycles. The van der Waals surface area contributed by atoms with Crippen LogP contribution in [0, 0.1) is 5.92 Å². The van der Waals surface area contributed by atoms with Crippen LogP contribution in [0.4, 0.5) is 4.79 Å². The van der Waals surface area contributed by atoms with Crippen LogP contribution >= 0.6 is 0 Å². The molecule has 2 aliphatic rings. The molecule has 2 aromatic rings. The molecule has 146 valence electrons. The summed E-state index contributed by atoms with van der Waals surface area (Å²) < 4.78 is 5.92. The van der Waals surface area contributed by atoms with Crippen LogP contribution in [0.15, 0.2) is 54.6 Å². The number of carbonyl (C=O) groups is 2. The highest BCUT2D eigenvalue weighted by Gasteiger charge is 2.48. The van der Waals surface area contributed by atoms with Crippen molar-refractivity contribution in [3.8, 4) is 11.5 Å². The molecule has 0 spiro atoms. The van der Waals surface area contributed by atoms with E-state index >= 15 is 0 Å². The van der Waals surface area contributed by atoms with Crippen LogP contribution in [-0.4, -0.2) is 35.5 Å². The second-order valence-electron chi connectivity index (χ2n) is 7.72. The molecule has 3 amide bonds. The molecule has 0 radical (unpaired) electrons. The third kappa shape index (κ3) is 3.87. The number of para-hydroxylation sites is 1. The number of likely N-dealkylation sites (tertiary alicyclic amines) is 1. The lowest BCUT2D eigenvalue weighted by Crippen LogP contribution is -2.53. The van der Waals surface area contributed by atoms with E-state index in [9.17, 15) is 9.59 Å². The van der Waals surface area contributed by atoms with Crippen molar-refractivity contribution in [1.82, 2.24) is 15.5 Å². The third-order valence-corrected chi connectivity index (χ3v) is 5.76. The van der Waals surface area contributed by atoms with E-state index in [1.54, 1.807) is 0 Å². The van der Waals surface area contributed by atoms with Crippen molar-refractivity contribution >= 4 is 11.9 Å². The number of carbonyl (C=O) groups excluding carboxylic acids is 2. The number of nitrogens with zero attached hydrogens (tertiary/aromatic N) is 1. The highest BCUT2D eigenvalue weighted by Crippen LogP contribution is 2.31. The van der Waals surface area contributed by atoms with Crippen molar-refractivity contribution in [2.75, 3.05) is 13.1 Å². The highest BCUT2D eigenvalue weighted by atomic mass is 16.5. The second kappa shape index (κ2) is 7.64. The predicted molar refractivity (Wildman–Crippen MR) is 106 cm³/mol. The van der Waals surface area contributed by atoms with E-state index < -0.39 is 5.54 Å². The van der Waals surface area contributed by atoms with Gasteiger partial charge in [-0.3, -0.25) is 15.0 Å². The Kier molecular flexibility index (Phi) is 5.05. The minimum Gasteiger partial charge on any atom is -0.457 e. The maximum absolute atomic E-state index is 12.1. The summed E-state index contributed by atoms with van der Waals surface area (Å²) in [5.41, 5.74) is 0.414. The number of piperidine rings is 1.